The van der Waals surface area contributed by atoms with Crippen molar-refractivity contribution in [2.45, 2.75) is 0 Å². The van der Waals surface area contributed by atoms with Gasteiger partial charge in [-0.25, -0.2) is 0 Å². The van der Waals surface area contributed by atoms with Gasteiger partial charge < -0.3 is 13.7 Å². The summed E-state index contributed by atoms with van der Waals surface area (Å²) in [6.45, 7) is 0. The average molecular weight is 602 g/mol. The number of furan rings is 2. The van der Waals surface area contributed by atoms with Crippen molar-refractivity contribution in [2.24, 2.45) is 0 Å². The highest BCUT2D eigenvalue weighted by molar-refractivity contribution is 6.16. The topological polar surface area (TPSA) is 29.5 Å². The van der Waals surface area contributed by atoms with Crippen LogP contribution in [0, 0.1) is 0 Å². The predicted molar refractivity (Wildman–Crippen MR) is 196 cm³/mol. The van der Waals surface area contributed by atoms with Crippen LogP contribution in [0.25, 0.3) is 76.5 Å². The van der Waals surface area contributed by atoms with Gasteiger partial charge in [0.25, 0.3) is 0 Å². The van der Waals surface area contributed by atoms with E-state index in [-0.39, 0.29) is 0 Å². The van der Waals surface area contributed by atoms with Crippen LogP contribution in [-0.2, 0) is 0 Å². The van der Waals surface area contributed by atoms with Gasteiger partial charge in [0.05, 0.1) is 11.4 Å². The van der Waals surface area contributed by atoms with Crippen LogP contribution < -0.4 is 4.90 Å². The first-order valence-corrected chi connectivity index (χ1v) is 15.9. The number of hydrogen-bond acceptors (Lipinski definition) is 3. The summed E-state index contributed by atoms with van der Waals surface area (Å²) in [6, 6.07) is 57.9. The molecule has 0 fully saturated rings. The fourth-order valence-electron chi connectivity index (χ4n) is 7.29. The number of nitrogens with zero attached hydrogens (tertiary/aromatic N) is 1. The smallest absolute Gasteiger partial charge is 0.137 e. The van der Waals surface area contributed by atoms with Gasteiger partial charge in [-0.3, -0.25) is 0 Å². The fraction of sp³-hybridized carbons (Fsp3) is 0. The second-order valence-electron chi connectivity index (χ2n) is 12.1. The largest absolute Gasteiger partial charge is 0.456 e. The van der Waals surface area contributed by atoms with Crippen molar-refractivity contribution < 1.29 is 8.83 Å². The molecule has 220 valence electrons. The van der Waals surface area contributed by atoms with E-state index in [2.05, 4.69) is 144 Å². The molecule has 0 bridgehead atoms. The Morgan fingerprint density at radius 2 is 0.894 bits per heavy atom. The Bertz CT molecular complexity index is 2820. The van der Waals surface area contributed by atoms with Crippen LogP contribution in [0.15, 0.2) is 173 Å². The molecular formula is C44H27NO2. The van der Waals surface area contributed by atoms with Crippen LogP contribution in [0.4, 0.5) is 17.1 Å². The van der Waals surface area contributed by atoms with Crippen LogP contribution in [0.1, 0.15) is 0 Å². The molecule has 0 spiro atoms. The maximum Gasteiger partial charge on any atom is 0.137 e. The van der Waals surface area contributed by atoms with Gasteiger partial charge in [0, 0.05) is 44.2 Å². The molecule has 0 radical (unpaired) electrons. The van der Waals surface area contributed by atoms with Crippen LogP contribution in [0.5, 0.6) is 0 Å². The number of rotatable bonds is 4. The summed E-state index contributed by atoms with van der Waals surface area (Å²) in [5.74, 6) is 0. The number of para-hydroxylation sites is 3. The summed E-state index contributed by atoms with van der Waals surface area (Å²) in [4.78, 5) is 2.39. The van der Waals surface area contributed by atoms with E-state index in [1.54, 1.807) is 0 Å². The van der Waals surface area contributed by atoms with Crippen molar-refractivity contribution in [3.63, 3.8) is 0 Å². The minimum absolute atomic E-state index is 0.861. The van der Waals surface area contributed by atoms with Gasteiger partial charge in [0.1, 0.15) is 22.3 Å². The van der Waals surface area contributed by atoms with E-state index >= 15 is 0 Å². The van der Waals surface area contributed by atoms with Gasteiger partial charge in [0.15, 0.2) is 0 Å². The Kier molecular flexibility index (Phi) is 5.57. The Morgan fingerprint density at radius 1 is 0.340 bits per heavy atom. The Labute approximate surface area is 270 Å². The maximum absolute atomic E-state index is 6.43. The molecule has 0 saturated carbocycles. The van der Waals surface area contributed by atoms with E-state index in [0.717, 1.165) is 72.1 Å². The first kappa shape index (κ1) is 26.0. The molecule has 10 rings (SSSR count). The van der Waals surface area contributed by atoms with Crippen LogP contribution >= 0.6 is 0 Å². The summed E-state index contributed by atoms with van der Waals surface area (Å²) in [5, 5.41) is 9.31. The molecule has 3 heteroatoms. The lowest BCUT2D eigenvalue weighted by Gasteiger charge is -2.29. The Morgan fingerprint density at radius 3 is 1.66 bits per heavy atom. The molecule has 2 aromatic heterocycles. The third-order valence-electron chi connectivity index (χ3n) is 9.44. The van der Waals surface area contributed by atoms with Crippen molar-refractivity contribution in [2.75, 3.05) is 4.90 Å². The van der Waals surface area contributed by atoms with E-state index in [0.29, 0.717) is 0 Å². The molecule has 0 amide bonds. The quantitative estimate of drug-likeness (QED) is 0.188. The zero-order valence-corrected chi connectivity index (χ0v) is 25.4. The molecule has 3 nitrogen and oxygen atoms in total. The van der Waals surface area contributed by atoms with Gasteiger partial charge in [-0.05, 0) is 70.3 Å². The lowest BCUT2D eigenvalue weighted by atomic mass is 9.97. The summed E-state index contributed by atoms with van der Waals surface area (Å²) >= 11 is 0. The zero-order valence-electron chi connectivity index (χ0n) is 25.4. The summed E-state index contributed by atoms with van der Waals surface area (Å²) in [7, 11) is 0. The molecule has 0 N–H and O–H groups in total. The molecule has 0 saturated heterocycles. The second-order valence-corrected chi connectivity index (χ2v) is 12.1. The van der Waals surface area contributed by atoms with E-state index in [1.807, 2.05) is 24.3 Å². The zero-order chi connectivity index (χ0) is 30.9. The van der Waals surface area contributed by atoms with E-state index in [1.165, 1.54) is 21.5 Å². The summed E-state index contributed by atoms with van der Waals surface area (Å²) in [5.41, 5.74) is 8.92. The van der Waals surface area contributed by atoms with E-state index in [9.17, 15) is 0 Å². The molecule has 0 aliphatic heterocycles. The van der Waals surface area contributed by atoms with Gasteiger partial charge in [-0.1, -0.05) is 109 Å². The molecule has 8 aromatic carbocycles. The standard InChI is InChI=1S/C44H27NO2/c1-2-12-31-28(11-1)25-40(34-15-4-3-14-33(31)34)45(30-22-24-38-36-17-7-10-20-42(36)47-44(38)27-30)39-18-8-5-13-32(39)29-21-23-37-35-16-6-9-19-41(35)46-43(37)26-29/h1-27H. The highest BCUT2D eigenvalue weighted by atomic mass is 16.3. The monoisotopic (exact) mass is 601 g/mol. The molecule has 0 aliphatic rings. The van der Waals surface area contributed by atoms with Crippen molar-refractivity contribution in [3.05, 3.63) is 164 Å². The van der Waals surface area contributed by atoms with E-state index < -0.39 is 0 Å². The van der Waals surface area contributed by atoms with Crippen molar-refractivity contribution in [1.29, 1.82) is 0 Å². The molecular weight excluding hydrogens is 574 g/mol. The number of benzene rings is 8. The summed E-state index contributed by atoms with van der Waals surface area (Å²) < 4.78 is 12.8. The minimum Gasteiger partial charge on any atom is -0.456 e. The van der Waals surface area contributed by atoms with Crippen LogP contribution in [0.3, 0.4) is 0 Å². The number of hydrogen-bond donors (Lipinski definition) is 0. The van der Waals surface area contributed by atoms with Crippen LogP contribution in [0.2, 0.25) is 0 Å². The third-order valence-corrected chi connectivity index (χ3v) is 9.44. The van der Waals surface area contributed by atoms with Gasteiger partial charge in [-0.2, -0.15) is 0 Å². The van der Waals surface area contributed by atoms with Gasteiger partial charge in [0.2, 0.25) is 0 Å². The van der Waals surface area contributed by atoms with E-state index in [4.69, 9.17) is 8.83 Å². The van der Waals surface area contributed by atoms with Gasteiger partial charge >= 0.3 is 0 Å². The minimum atomic E-state index is 0.861. The first-order chi connectivity index (χ1) is 23.3. The first-order valence-electron chi connectivity index (χ1n) is 15.9. The number of fused-ring (bicyclic) bond motifs is 9. The highest BCUT2D eigenvalue weighted by Gasteiger charge is 2.22. The molecule has 0 unspecified atom stereocenters. The van der Waals surface area contributed by atoms with Crippen molar-refractivity contribution >= 4 is 82.5 Å². The average Bonchev–Trinajstić information content (AvgIpc) is 3.69. The molecule has 0 aliphatic carbocycles. The van der Waals surface area contributed by atoms with Crippen LogP contribution in [-0.4, -0.2) is 0 Å². The number of anilines is 3. The Balaban J connectivity index is 1.26. The SMILES string of the molecule is c1ccc(N(c2ccc3c(c2)oc2ccccc23)c2cc3ccccc3c3ccccc23)c(-c2ccc3c(c2)oc2ccccc23)c1. The maximum atomic E-state index is 6.43. The molecule has 47 heavy (non-hydrogen) atoms. The second kappa shape index (κ2) is 10.1. The lowest BCUT2D eigenvalue weighted by molar-refractivity contribution is 0.668. The summed E-state index contributed by atoms with van der Waals surface area (Å²) in [6.07, 6.45) is 0. The van der Waals surface area contributed by atoms with Crippen molar-refractivity contribution in [1.82, 2.24) is 0 Å². The van der Waals surface area contributed by atoms with Gasteiger partial charge in [-0.15, -0.1) is 0 Å². The third kappa shape index (κ3) is 4.00. The highest BCUT2D eigenvalue weighted by Crippen LogP contribution is 2.47. The fourth-order valence-corrected chi connectivity index (χ4v) is 7.29. The predicted octanol–water partition coefficient (Wildman–Crippen LogP) is 12.9. The normalized spacial score (nSPS) is 11.8. The van der Waals surface area contributed by atoms with Crippen molar-refractivity contribution in [3.8, 4) is 11.1 Å². The molecule has 2 heterocycles. The lowest BCUT2D eigenvalue weighted by Crippen LogP contribution is -2.12. The molecule has 0 atom stereocenters. The Hall–Kier alpha value is -6.32. The molecule has 10 aromatic rings.